The summed E-state index contributed by atoms with van der Waals surface area (Å²) in [4.78, 5) is 32.3. The summed E-state index contributed by atoms with van der Waals surface area (Å²) >= 11 is 0. The van der Waals surface area contributed by atoms with Crippen LogP contribution in [0.15, 0.2) is 79.1 Å². The Balaban J connectivity index is 1.34. The second-order valence-electron chi connectivity index (χ2n) is 7.41. The molecule has 7 heteroatoms. The molecular formula is C25H23FN4O2. The quantitative estimate of drug-likeness (QED) is 0.625. The summed E-state index contributed by atoms with van der Waals surface area (Å²) in [5.41, 5.74) is 2.35. The minimum atomic E-state index is -0.413. The molecule has 1 aliphatic heterocycles. The first-order valence-corrected chi connectivity index (χ1v) is 10.4. The molecule has 2 heterocycles. The molecule has 1 aliphatic rings. The summed E-state index contributed by atoms with van der Waals surface area (Å²) in [7, 11) is 0. The van der Waals surface area contributed by atoms with Crippen molar-refractivity contribution >= 4 is 29.3 Å². The minimum absolute atomic E-state index is 0.0471. The molecule has 4 rings (SSSR count). The van der Waals surface area contributed by atoms with E-state index in [0.717, 1.165) is 5.56 Å². The van der Waals surface area contributed by atoms with E-state index in [1.807, 2.05) is 35.2 Å². The van der Waals surface area contributed by atoms with Crippen molar-refractivity contribution in [1.82, 2.24) is 9.88 Å². The highest BCUT2D eigenvalue weighted by Crippen LogP contribution is 2.24. The Bertz CT molecular complexity index is 1110. The number of pyridine rings is 1. The molecule has 32 heavy (non-hydrogen) atoms. The van der Waals surface area contributed by atoms with Crippen LogP contribution in [0.5, 0.6) is 0 Å². The number of carbonyl (C=O) groups is 2. The molecule has 0 unspecified atom stereocenters. The van der Waals surface area contributed by atoms with Crippen molar-refractivity contribution in [2.75, 3.05) is 36.4 Å². The number of hydrogen-bond acceptors (Lipinski definition) is 4. The Hall–Kier alpha value is -4.00. The van der Waals surface area contributed by atoms with Gasteiger partial charge in [-0.05, 0) is 42.0 Å². The van der Waals surface area contributed by atoms with Gasteiger partial charge in [0, 0.05) is 55.9 Å². The normalized spacial score (nSPS) is 13.9. The predicted octanol–water partition coefficient (Wildman–Crippen LogP) is 3.84. The second-order valence-corrected chi connectivity index (χ2v) is 7.41. The maximum absolute atomic E-state index is 14.8. The third-order valence-corrected chi connectivity index (χ3v) is 5.28. The van der Waals surface area contributed by atoms with Gasteiger partial charge < -0.3 is 15.1 Å². The van der Waals surface area contributed by atoms with Crippen LogP contribution < -0.4 is 10.2 Å². The Labute approximate surface area is 186 Å². The van der Waals surface area contributed by atoms with Crippen molar-refractivity contribution < 1.29 is 14.0 Å². The molecule has 1 N–H and O–H groups in total. The van der Waals surface area contributed by atoms with E-state index in [1.54, 1.807) is 47.6 Å². The molecular weight excluding hydrogens is 407 g/mol. The van der Waals surface area contributed by atoms with Crippen molar-refractivity contribution in [3.8, 4) is 0 Å². The third kappa shape index (κ3) is 5.18. The van der Waals surface area contributed by atoms with Gasteiger partial charge in [-0.1, -0.05) is 30.3 Å². The minimum Gasteiger partial charge on any atom is -0.366 e. The standard InChI is InChI=1S/C25H23FN4O2/c26-22-18-21(28-24(31)9-6-19-4-2-1-3-5-19)7-8-23(22)29-14-16-30(17-15-29)25(32)20-10-12-27-13-11-20/h1-13,18H,14-17H2,(H,28,31)/b9-6+. The van der Waals surface area contributed by atoms with Gasteiger partial charge in [-0.15, -0.1) is 0 Å². The predicted molar refractivity (Wildman–Crippen MR) is 123 cm³/mol. The molecule has 2 aromatic carbocycles. The lowest BCUT2D eigenvalue weighted by Gasteiger charge is -2.36. The summed E-state index contributed by atoms with van der Waals surface area (Å²) in [6.45, 7) is 2.06. The molecule has 162 valence electrons. The highest BCUT2D eigenvalue weighted by molar-refractivity contribution is 6.02. The van der Waals surface area contributed by atoms with Crippen molar-refractivity contribution in [2.24, 2.45) is 0 Å². The monoisotopic (exact) mass is 430 g/mol. The van der Waals surface area contributed by atoms with E-state index < -0.39 is 5.82 Å². The summed E-state index contributed by atoms with van der Waals surface area (Å²) < 4.78 is 14.8. The molecule has 1 saturated heterocycles. The van der Waals surface area contributed by atoms with E-state index in [9.17, 15) is 14.0 Å². The van der Waals surface area contributed by atoms with Crippen LogP contribution in [0, 0.1) is 5.82 Å². The smallest absolute Gasteiger partial charge is 0.254 e. The average Bonchev–Trinajstić information content (AvgIpc) is 2.84. The van der Waals surface area contributed by atoms with Gasteiger partial charge in [0.15, 0.2) is 0 Å². The van der Waals surface area contributed by atoms with Gasteiger partial charge in [-0.25, -0.2) is 4.39 Å². The van der Waals surface area contributed by atoms with Crippen molar-refractivity contribution in [3.05, 3.63) is 96.1 Å². The van der Waals surface area contributed by atoms with Crippen molar-refractivity contribution in [1.29, 1.82) is 0 Å². The van der Waals surface area contributed by atoms with Gasteiger partial charge in [0.25, 0.3) is 5.91 Å². The summed E-state index contributed by atoms with van der Waals surface area (Å²) in [6.07, 6.45) is 6.31. The lowest BCUT2D eigenvalue weighted by atomic mass is 10.2. The Morgan fingerprint density at radius 1 is 0.938 bits per heavy atom. The fourth-order valence-electron chi connectivity index (χ4n) is 3.59. The molecule has 0 aliphatic carbocycles. The van der Waals surface area contributed by atoms with Gasteiger partial charge in [-0.3, -0.25) is 14.6 Å². The zero-order valence-corrected chi connectivity index (χ0v) is 17.4. The van der Waals surface area contributed by atoms with Gasteiger partial charge in [-0.2, -0.15) is 0 Å². The topological polar surface area (TPSA) is 65.5 Å². The van der Waals surface area contributed by atoms with E-state index in [0.29, 0.717) is 43.1 Å². The highest BCUT2D eigenvalue weighted by atomic mass is 19.1. The molecule has 1 fully saturated rings. The van der Waals surface area contributed by atoms with E-state index in [1.165, 1.54) is 12.1 Å². The fraction of sp³-hybridized carbons (Fsp3) is 0.160. The number of halogens is 1. The van der Waals surface area contributed by atoms with Crippen LogP contribution >= 0.6 is 0 Å². The first-order valence-electron chi connectivity index (χ1n) is 10.4. The van der Waals surface area contributed by atoms with Gasteiger partial charge in [0.05, 0.1) is 5.69 Å². The summed E-state index contributed by atoms with van der Waals surface area (Å²) in [6, 6.07) is 17.5. The van der Waals surface area contributed by atoms with Crippen molar-refractivity contribution in [3.63, 3.8) is 0 Å². The highest BCUT2D eigenvalue weighted by Gasteiger charge is 2.23. The number of anilines is 2. The molecule has 0 radical (unpaired) electrons. The van der Waals surface area contributed by atoms with Crippen molar-refractivity contribution in [2.45, 2.75) is 0 Å². The van der Waals surface area contributed by atoms with E-state index in [4.69, 9.17) is 0 Å². The van der Waals surface area contributed by atoms with Crippen LogP contribution in [0.4, 0.5) is 15.8 Å². The molecule has 2 amide bonds. The zero-order chi connectivity index (χ0) is 22.3. The summed E-state index contributed by atoms with van der Waals surface area (Å²) in [5.74, 6) is -0.790. The maximum Gasteiger partial charge on any atom is 0.254 e. The SMILES string of the molecule is O=C(/C=C/c1ccccc1)Nc1ccc(N2CCN(C(=O)c3ccncc3)CC2)c(F)c1. The molecule has 6 nitrogen and oxygen atoms in total. The van der Waals surface area contributed by atoms with E-state index in [2.05, 4.69) is 10.3 Å². The number of benzene rings is 2. The van der Waals surface area contributed by atoms with Crippen LogP contribution in [-0.2, 0) is 4.79 Å². The number of nitrogens with zero attached hydrogens (tertiary/aromatic N) is 3. The lowest BCUT2D eigenvalue weighted by Crippen LogP contribution is -2.49. The van der Waals surface area contributed by atoms with Gasteiger partial charge in [0.2, 0.25) is 5.91 Å². The number of nitrogens with one attached hydrogen (secondary N) is 1. The first-order chi connectivity index (χ1) is 15.6. The molecule has 0 saturated carbocycles. The number of amides is 2. The fourth-order valence-corrected chi connectivity index (χ4v) is 3.59. The second kappa shape index (κ2) is 9.87. The molecule has 3 aromatic rings. The lowest BCUT2D eigenvalue weighted by molar-refractivity contribution is -0.111. The molecule has 1 aromatic heterocycles. The zero-order valence-electron chi connectivity index (χ0n) is 17.4. The number of carbonyl (C=O) groups excluding carboxylic acids is 2. The molecule has 0 bridgehead atoms. The van der Waals surface area contributed by atoms with E-state index >= 15 is 0 Å². The Morgan fingerprint density at radius 3 is 2.34 bits per heavy atom. The average molecular weight is 430 g/mol. The number of hydrogen-bond donors (Lipinski definition) is 1. The maximum atomic E-state index is 14.8. The Kier molecular flexibility index (Phi) is 6.55. The van der Waals surface area contributed by atoms with Gasteiger partial charge in [0.1, 0.15) is 5.82 Å². The van der Waals surface area contributed by atoms with Crippen LogP contribution in [0.25, 0.3) is 6.08 Å². The van der Waals surface area contributed by atoms with Crippen LogP contribution in [0.2, 0.25) is 0 Å². The number of rotatable bonds is 5. The van der Waals surface area contributed by atoms with E-state index in [-0.39, 0.29) is 11.8 Å². The molecule has 0 atom stereocenters. The number of aromatic nitrogens is 1. The van der Waals surface area contributed by atoms with Crippen LogP contribution in [0.1, 0.15) is 15.9 Å². The summed E-state index contributed by atoms with van der Waals surface area (Å²) in [5, 5.41) is 2.68. The van der Waals surface area contributed by atoms with Crippen LogP contribution in [-0.4, -0.2) is 47.9 Å². The first kappa shape index (κ1) is 21.2. The Morgan fingerprint density at radius 2 is 1.66 bits per heavy atom. The molecule has 0 spiro atoms. The van der Waals surface area contributed by atoms with Crippen LogP contribution in [0.3, 0.4) is 0 Å². The van der Waals surface area contributed by atoms with Gasteiger partial charge >= 0.3 is 0 Å². The third-order valence-electron chi connectivity index (χ3n) is 5.28. The number of piperazine rings is 1. The largest absolute Gasteiger partial charge is 0.366 e.